The topological polar surface area (TPSA) is 64.1 Å². The number of hydrogen-bond acceptors (Lipinski definition) is 7. The second-order valence-electron chi connectivity index (χ2n) is 7.67. The summed E-state index contributed by atoms with van der Waals surface area (Å²) in [5, 5.41) is 0.304. The number of amides is 1. The molecule has 0 N–H and O–H groups in total. The molecule has 0 aliphatic rings. The monoisotopic (exact) mass is 527 g/mol. The van der Waals surface area contributed by atoms with E-state index >= 15 is 0 Å². The molecular weight excluding hydrogens is 500 g/mol. The van der Waals surface area contributed by atoms with Crippen molar-refractivity contribution in [3.8, 4) is 17.2 Å². The Labute approximate surface area is 213 Å². The second kappa shape index (κ2) is 12.7. The SMILES string of the molecule is COc1cc(C=CC(=O)N(CCCN(C)C)c2nc3c(F)cc(F)cc3s2)cc(OC)c1OC.Cl. The van der Waals surface area contributed by atoms with Crippen molar-refractivity contribution in [3.63, 3.8) is 0 Å². The van der Waals surface area contributed by atoms with Gasteiger partial charge in [-0.05, 0) is 56.9 Å². The summed E-state index contributed by atoms with van der Waals surface area (Å²) >= 11 is 1.07. The number of ether oxygens (including phenoxy) is 3. The third-order valence-corrected chi connectivity index (χ3v) is 6.02. The molecule has 0 spiro atoms. The lowest BCUT2D eigenvalue weighted by Gasteiger charge is -2.19. The number of hydrogen-bond donors (Lipinski definition) is 0. The molecule has 0 aliphatic carbocycles. The molecule has 1 heterocycles. The molecule has 3 rings (SSSR count). The number of aromatic nitrogens is 1. The van der Waals surface area contributed by atoms with Gasteiger partial charge in [-0.25, -0.2) is 13.8 Å². The highest BCUT2D eigenvalue weighted by Gasteiger charge is 2.20. The maximum Gasteiger partial charge on any atom is 0.252 e. The van der Waals surface area contributed by atoms with Crippen molar-refractivity contribution >= 4 is 51.1 Å². The molecule has 1 aromatic heterocycles. The van der Waals surface area contributed by atoms with Crippen molar-refractivity contribution in [3.05, 3.63) is 47.5 Å². The minimum absolute atomic E-state index is 0. The average molecular weight is 528 g/mol. The Morgan fingerprint density at radius 1 is 1.03 bits per heavy atom. The number of fused-ring (bicyclic) bond motifs is 1. The average Bonchev–Trinajstić information content (AvgIpc) is 3.23. The van der Waals surface area contributed by atoms with Gasteiger partial charge in [-0.2, -0.15) is 0 Å². The van der Waals surface area contributed by atoms with Crippen molar-refractivity contribution in [1.82, 2.24) is 9.88 Å². The van der Waals surface area contributed by atoms with E-state index in [4.69, 9.17) is 14.2 Å². The van der Waals surface area contributed by atoms with Crippen LogP contribution in [-0.2, 0) is 4.79 Å². The summed E-state index contributed by atoms with van der Waals surface area (Å²) in [6, 6.07) is 5.44. The van der Waals surface area contributed by atoms with Crippen LogP contribution in [0, 0.1) is 11.6 Å². The molecule has 0 saturated carbocycles. The lowest BCUT2D eigenvalue weighted by molar-refractivity contribution is -0.114. The fourth-order valence-electron chi connectivity index (χ4n) is 3.36. The standard InChI is InChI=1S/C24H27F2N3O4S.ClH/c1-28(2)9-6-10-29(24-27-22-17(26)13-16(25)14-20(22)34-24)21(30)8-7-15-11-18(31-3)23(33-5)19(12-15)32-4;/h7-8,11-14H,6,9-10H2,1-5H3;1H. The van der Waals surface area contributed by atoms with Crippen LogP contribution in [0.4, 0.5) is 13.9 Å². The summed E-state index contributed by atoms with van der Waals surface area (Å²) in [5.74, 6) is -0.421. The highest BCUT2D eigenvalue weighted by Crippen LogP contribution is 2.38. The van der Waals surface area contributed by atoms with Crippen LogP contribution in [0.25, 0.3) is 16.3 Å². The lowest BCUT2D eigenvalue weighted by Crippen LogP contribution is -2.32. The van der Waals surface area contributed by atoms with Crippen LogP contribution >= 0.6 is 23.7 Å². The van der Waals surface area contributed by atoms with Gasteiger partial charge in [-0.15, -0.1) is 12.4 Å². The first-order chi connectivity index (χ1) is 16.3. The van der Waals surface area contributed by atoms with Crippen LogP contribution in [0.15, 0.2) is 30.3 Å². The van der Waals surface area contributed by atoms with Gasteiger partial charge >= 0.3 is 0 Å². The number of carbonyl (C=O) groups is 1. The largest absolute Gasteiger partial charge is 0.493 e. The molecule has 7 nitrogen and oxygen atoms in total. The molecule has 0 atom stereocenters. The van der Waals surface area contributed by atoms with Gasteiger partial charge in [0.25, 0.3) is 5.91 Å². The van der Waals surface area contributed by atoms with Crippen LogP contribution in [0.2, 0.25) is 0 Å². The van der Waals surface area contributed by atoms with Crippen LogP contribution in [0.3, 0.4) is 0 Å². The number of methoxy groups -OCH3 is 3. The summed E-state index contributed by atoms with van der Waals surface area (Å²) in [4.78, 5) is 20.9. The molecule has 11 heteroatoms. The normalized spacial score (nSPS) is 11.1. The summed E-state index contributed by atoms with van der Waals surface area (Å²) in [5.41, 5.74) is 0.703. The van der Waals surface area contributed by atoms with Gasteiger partial charge in [0, 0.05) is 18.7 Å². The minimum atomic E-state index is -0.758. The van der Waals surface area contributed by atoms with Crippen molar-refractivity contribution in [2.45, 2.75) is 6.42 Å². The summed E-state index contributed by atoms with van der Waals surface area (Å²) < 4.78 is 44.2. The van der Waals surface area contributed by atoms with Crippen LogP contribution < -0.4 is 19.1 Å². The predicted octanol–water partition coefficient (Wildman–Crippen LogP) is 5.02. The molecule has 0 aliphatic heterocycles. The predicted molar refractivity (Wildman–Crippen MR) is 137 cm³/mol. The smallest absolute Gasteiger partial charge is 0.252 e. The van der Waals surface area contributed by atoms with Crippen LogP contribution in [0.1, 0.15) is 12.0 Å². The molecule has 0 bridgehead atoms. The fourth-order valence-corrected chi connectivity index (χ4v) is 4.40. The third kappa shape index (κ3) is 6.81. The maximum absolute atomic E-state index is 14.2. The molecule has 3 aromatic rings. The molecule has 1 amide bonds. The van der Waals surface area contributed by atoms with Gasteiger partial charge in [0.1, 0.15) is 11.3 Å². The van der Waals surface area contributed by atoms with E-state index in [1.54, 1.807) is 18.2 Å². The zero-order valence-corrected chi connectivity index (χ0v) is 21.8. The first-order valence-corrected chi connectivity index (χ1v) is 11.3. The van der Waals surface area contributed by atoms with Gasteiger partial charge in [-0.1, -0.05) is 11.3 Å². The van der Waals surface area contributed by atoms with Gasteiger partial charge in [0.15, 0.2) is 22.4 Å². The van der Waals surface area contributed by atoms with Crippen molar-refractivity contribution in [2.75, 3.05) is 53.4 Å². The van der Waals surface area contributed by atoms with Gasteiger partial charge in [0.2, 0.25) is 5.75 Å². The fraction of sp³-hybridized carbons (Fsp3) is 0.333. The van der Waals surface area contributed by atoms with Crippen molar-refractivity contribution < 1.29 is 27.8 Å². The third-order valence-electron chi connectivity index (χ3n) is 4.99. The number of carbonyl (C=O) groups excluding carboxylic acids is 1. The van der Waals surface area contributed by atoms with Crippen LogP contribution in [0.5, 0.6) is 17.2 Å². The summed E-state index contributed by atoms with van der Waals surface area (Å²) in [7, 11) is 8.41. The molecule has 0 radical (unpaired) electrons. The van der Waals surface area contributed by atoms with E-state index in [-0.39, 0.29) is 23.8 Å². The van der Waals surface area contributed by atoms with E-state index in [0.717, 1.165) is 23.9 Å². The number of nitrogens with zero attached hydrogens (tertiary/aromatic N) is 3. The van der Waals surface area contributed by atoms with E-state index in [1.165, 1.54) is 38.4 Å². The zero-order chi connectivity index (χ0) is 24.8. The molecule has 2 aromatic carbocycles. The highest BCUT2D eigenvalue weighted by atomic mass is 35.5. The van der Waals surface area contributed by atoms with Gasteiger partial charge in [-0.3, -0.25) is 9.69 Å². The molecule has 190 valence electrons. The minimum Gasteiger partial charge on any atom is -0.493 e. The maximum atomic E-state index is 14.2. The Morgan fingerprint density at radius 3 is 2.26 bits per heavy atom. The van der Waals surface area contributed by atoms with Crippen LogP contribution in [-0.4, -0.2) is 64.3 Å². The lowest BCUT2D eigenvalue weighted by atomic mass is 10.1. The van der Waals surface area contributed by atoms with Gasteiger partial charge in [0.05, 0.1) is 26.0 Å². The Morgan fingerprint density at radius 2 is 1.69 bits per heavy atom. The Bertz CT molecular complexity index is 1180. The second-order valence-corrected chi connectivity index (χ2v) is 8.68. The number of thiazole rings is 1. The Balaban J connectivity index is 0.00000432. The van der Waals surface area contributed by atoms with Gasteiger partial charge < -0.3 is 19.1 Å². The quantitative estimate of drug-likeness (QED) is 0.345. The molecule has 0 unspecified atom stereocenters. The first-order valence-electron chi connectivity index (χ1n) is 10.5. The van der Waals surface area contributed by atoms with E-state index < -0.39 is 11.6 Å². The Hall–Kier alpha value is -2.95. The summed E-state index contributed by atoms with van der Waals surface area (Å²) in [6.45, 7) is 1.11. The molecule has 35 heavy (non-hydrogen) atoms. The van der Waals surface area contributed by atoms with E-state index in [1.807, 2.05) is 19.0 Å². The summed E-state index contributed by atoms with van der Waals surface area (Å²) in [6.07, 6.45) is 3.70. The zero-order valence-electron chi connectivity index (χ0n) is 20.1. The molecule has 0 saturated heterocycles. The van der Waals surface area contributed by atoms with E-state index in [9.17, 15) is 13.6 Å². The molecular formula is C24H28ClF2N3O4S. The van der Waals surface area contributed by atoms with E-state index in [2.05, 4.69) is 4.98 Å². The number of benzene rings is 2. The first kappa shape index (κ1) is 28.3. The van der Waals surface area contributed by atoms with E-state index in [0.29, 0.717) is 45.6 Å². The van der Waals surface area contributed by atoms with Crippen molar-refractivity contribution in [1.29, 1.82) is 0 Å². The number of anilines is 1. The number of rotatable bonds is 10. The Kier molecular flexibility index (Phi) is 10.2. The number of halogens is 3. The molecule has 0 fully saturated rings. The highest BCUT2D eigenvalue weighted by molar-refractivity contribution is 7.22. The van der Waals surface area contributed by atoms with Crippen molar-refractivity contribution in [2.24, 2.45) is 0 Å².